The summed E-state index contributed by atoms with van der Waals surface area (Å²) in [5.74, 6) is 1.17. The molecule has 2 aliphatic rings. The number of carbonyl (C=O) groups excluding carboxylic acids is 1. The Kier molecular flexibility index (Phi) is 5.91. The summed E-state index contributed by atoms with van der Waals surface area (Å²) in [4.78, 5) is 17.7. The van der Waals surface area contributed by atoms with Crippen LogP contribution in [0.3, 0.4) is 0 Å². The maximum absolute atomic E-state index is 13.2. The molecule has 3 atom stereocenters. The molecule has 0 bridgehead atoms. The molecule has 2 aromatic carbocycles. The summed E-state index contributed by atoms with van der Waals surface area (Å²) in [6, 6.07) is 21.0. The molecule has 2 saturated heterocycles. The van der Waals surface area contributed by atoms with Gasteiger partial charge in [0.2, 0.25) is 0 Å². The maximum atomic E-state index is 13.2. The molecule has 0 aliphatic carbocycles. The third-order valence-corrected chi connectivity index (χ3v) is 6.69. The number of benzene rings is 2. The Balaban J connectivity index is 0.00000231. The highest BCUT2D eigenvalue weighted by atomic mass is 35.5. The van der Waals surface area contributed by atoms with Crippen molar-refractivity contribution >= 4 is 18.3 Å². The van der Waals surface area contributed by atoms with E-state index in [0.29, 0.717) is 17.9 Å². The van der Waals surface area contributed by atoms with Gasteiger partial charge in [0.15, 0.2) is 0 Å². The van der Waals surface area contributed by atoms with Crippen molar-refractivity contribution in [1.82, 2.24) is 19.6 Å². The molecular formula is C25H29ClN4O. The van der Waals surface area contributed by atoms with Crippen LogP contribution in [0.15, 0.2) is 60.7 Å². The lowest BCUT2D eigenvalue weighted by Crippen LogP contribution is -2.33. The van der Waals surface area contributed by atoms with Crippen molar-refractivity contribution in [1.29, 1.82) is 0 Å². The Morgan fingerprint density at radius 2 is 1.68 bits per heavy atom. The molecule has 5 nitrogen and oxygen atoms in total. The van der Waals surface area contributed by atoms with E-state index in [9.17, 15) is 4.79 Å². The molecule has 1 aromatic heterocycles. The van der Waals surface area contributed by atoms with E-state index >= 15 is 0 Å². The second-order valence-corrected chi connectivity index (χ2v) is 8.81. The normalized spacial score (nSPS) is 22.9. The van der Waals surface area contributed by atoms with Gasteiger partial charge in [-0.2, -0.15) is 5.10 Å². The van der Waals surface area contributed by atoms with Gasteiger partial charge in [-0.05, 0) is 62.7 Å². The SMILES string of the molecule is Cc1cc(C)n(-c2ccc(C(=O)N3C[C@@H]4CN(C)[C@@H](c5ccccc5)[C@@H]4C3)cc2)n1.Cl. The average molecular weight is 437 g/mol. The number of carbonyl (C=O) groups is 1. The number of amides is 1. The van der Waals surface area contributed by atoms with E-state index < -0.39 is 0 Å². The Morgan fingerprint density at radius 3 is 2.32 bits per heavy atom. The minimum absolute atomic E-state index is 0. The molecule has 6 heteroatoms. The Labute approximate surface area is 190 Å². The number of aromatic nitrogens is 2. The molecule has 0 N–H and O–H groups in total. The zero-order chi connectivity index (χ0) is 20.8. The van der Waals surface area contributed by atoms with Crippen LogP contribution in [-0.4, -0.2) is 52.2 Å². The topological polar surface area (TPSA) is 41.4 Å². The molecule has 0 unspecified atom stereocenters. The maximum Gasteiger partial charge on any atom is 0.253 e. The minimum atomic E-state index is 0. The zero-order valence-electron chi connectivity index (χ0n) is 18.2. The van der Waals surface area contributed by atoms with Crippen LogP contribution in [0.25, 0.3) is 5.69 Å². The number of hydrogen-bond donors (Lipinski definition) is 0. The predicted octanol–water partition coefficient (Wildman–Crippen LogP) is 4.29. The number of halogens is 1. The van der Waals surface area contributed by atoms with Crippen molar-refractivity contribution < 1.29 is 4.79 Å². The van der Waals surface area contributed by atoms with E-state index in [0.717, 1.165) is 42.3 Å². The number of nitrogens with zero attached hydrogens (tertiary/aromatic N) is 4. The summed E-state index contributed by atoms with van der Waals surface area (Å²) in [5, 5.41) is 4.53. The van der Waals surface area contributed by atoms with Gasteiger partial charge in [-0.1, -0.05) is 30.3 Å². The number of hydrogen-bond acceptors (Lipinski definition) is 3. The minimum Gasteiger partial charge on any atom is -0.338 e. The van der Waals surface area contributed by atoms with Crippen LogP contribution >= 0.6 is 12.4 Å². The number of fused-ring (bicyclic) bond motifs is 1. The van der Waals surface area contributed by atoms with Crippen molar-refractivity contribution in [3.8, 4) is 5.69 Å². The molecule has 1 amide bonds. The predicted molar refractivity (Wildman–Crippen MR) is 125 cm³/mol. The molecule has 3 aromatic rings. The Bertz CT molecular complexity index is 1060. The first kappa shape index (κ1) is 21.6. The quantitative estimate of drug-likeness (QED) is 0.615. The summed E-state index contributed by atoms with van der Waals surface area (Å²) in [7, 11) is 2.21. The molecule has 31 heavy (non-hydrogen) atoms. The third kappa shape index (κ3) is 3.88. The number of likely N-dealkylation sites (tertiary alicyclic amines) is 2. The van der Waals surface area contributed by atoms with Gasteiger partial charge in [0, 0.05) is 42.9 Å². The molecule has 0 saturated carbocycles. The van der Waals surface area contributed by atoms with Crippen LogP contribution < -0.4 is 0 Å². The van der Waals surface area contributed by atoms with Crippen LogP contribution in [0.1, 0.15) is 33.4 Å². The van der Waals surface area contributed by atoms with Crippen LogP contribution in [0.2, 0.25) is 0 Å². The lowest BCUT2D eigenvalue weighted by Gasteiger charge is -2.27. The first-order valence-corrected chi connectivity index (χ1v) is 10.7. The van der Waals surface area contributed by atoms with Gasteiger partial charge in [-0.3, -0.25) is 9.69 Å². The van der Waals surface area contributed by atoms with Crippen molar-refractivity contribution in [2.24, 2.45) is 11.8 Å². The monoisotopic (exact) mass is 436 g/mol. The van der Waals surface area contributed by atoms with E-state index in [4.69, 9.17) is 0 Å². The van der Waals surface area contributed by atoms with E-state index in [1.165, 1.54) is 5.56 Å². The van der Waals surface area contributed by atoms with Gasteiger partial charge in [0.1, 0.15) is 0 Å². The van der Waals surface area contributed by atoms with Gasteiger partial charge in [0.25, 0.3) is 5.91 Å². The lowest BCUT2D eigenvalue weighted by atomic mass is 9.90. The van der Waals surface area contributed by atoms with E-state index in [1.807, 2.05) is 42.8 Å². The third-order valence-electron chi connectivity index (χ3n) is 6.69. The van der Waals surface area contributed by atoms with Crippen molar-refractivity contribution in [2.45, 2.75) is 19.9 Å². The highest BCUT2D eigenvalue weighted by Gasteiger charge is 2.47. The number of rotatable bonds is 3. The van der Waals surface area contributed by atoms with Gasteiger partial charge >= 0.3 is 0 Å². The first-order valence-electron chi connectivity index (χ1n) is 10.7. The molecule has 0 spiro atoms. The molecule has 3 heterocycles. The Hall–Kier alpha value is -2.63. The highest BCUT2D eigenvalue weighted by Crippen LogP contribution is 2.44. The van der Waals surface area contributed by atoms with E-state index in [1.54, 1.807) is 0 Å². The first-order chi connectivity index (χ1) is 14.5. The standard InChI is InChI=1S/C25H28N4O.ClH/c1-17-13-18(2)29(26-17)22-11-9-20(10-12-22)25(30)28-15-21-14-27(3)24(23(21)16-28)19-7-5-4-6-8-19;/h4-13,21,23-24H,14-16H2,1-3H3;1H/t21-,23+,24-;/m0./s1. The fraction of sp³-hybridized carbons (Fsp3) is 0.360. The molecule has 162 valence electrons. The fourth-order valence-electron chi connectivity index (χ4n) is 5.39. The van der Waals surface area contributed by atoms with Crippen molar-refractivity contribution in [2.75, 3.05) is 26.7 Å². The van der Waals surface area contributed by atoms with Gasteiger partial charge in [0.05, 0.1) is 11.4 Å². The molecule has 2 aliphatic heterocycles. The molecular weight excluding hydrogens is 408 g/mol. The average Bonchev–Trinajstić information content (AvgIpc) is 3.39. The second kappa shape index (κ2) is 8.48. The summed E-state index contributed by atoms with van der Waals surface area (Å²) < 4.78 is 1.92. The Morgan fingerprint density at radius 1 is 0.968 bits per heavy atom. The van der Waals surface area contributed by atoms with Gasteiger partial charge in [-0.25, -0.2) is 4.68 Å². The lowest BCUT2D eigenvalue weighted by molar-refractivity contribution is 0.0768. The number of aryl methyl sites for hydroxylation is 2. The molecule has 0 radical (unpaired) electrons. The largest absolute Gasteiger partial charge is 0.338 e. The van der Waals surface area contributed by atoms with Crippen LogP contribution in [-0.2, 0) is 0 Å². The van der Waals surface area contributed by atoms with Gasteiger partial charge < -0.3 is 4.90 Å². The van der Waals surface area contributed by atoms with Crippen LogP contribution in [0, 0.1) is 25.7 Å². The van der Waals surface area contributed by atoms with E-state index in [2.05, 4.69) is 58.3 Å². The molecule has 2 fully saturated rings. The zero-order valence-corrected chi connectivity index (χ0v) is 19.0. The van der Waals surface area contributed by atoms with E-state index in [-0.39, 0.29) is 18.3 Å². The van der Waals surface area contributed by atoms with Gasteiger partial charge in [-0.15, -0.1) is 12.4 Å². The van der Waals surface area contributed by atoms with Crippen molar-refractivity contribution in [3.05, 3.63) is 83.2 Å². The summed E-state index contributed by atoms with van der Waals surface area (Å²) >= 11 is 0. The second-order valence-electron chi connectivity index (χ2n) is 8.81. The molecule has 5 rings (SSSR count). The smallest absolute Gasteiger partial charge is 0.253 e. The summed E-state index contributed by atoms with van der Waals surface area (Å²) in [5.41, 5.74) is 5.19. The fourth-order valence-corrected chi connectivity index (χ4v) is 5.39. The van der Waals surface area contributed by atoms with Crippen molar-refractivity contribution in [3.63, 3.8) is 0 Å². The summed E-state index contributed by atoms with van der Waals surface area (Å²) in [6.45, 7) is 6.75. The highest BCUT2D eigenvalue weighted by molar-refractivity contribution is 5.94. The summed E-state index contributed by atoms with van der Waals surface area (Å²) in [6.07, 6.45) is 0. The van der Waals surface area contributed by atoms with Crippen LogP contribution in [0.4, 0.5) is 0 Å². The van der Waals surface area contributed by atoms with Crippen LogP contribution in [0.5, 0.6) is 0 Å².